The number of hydrogen-bond acceptors (Lipinski definition) is 4. The maximum Gasteiger partial charge on any atom is 0.343 e. The molecule has 0 aliphatic heterocycles. The summed E-state index contributed by atoms with van der Waals surface area (Å²) in [7, 11) is 1.59. The number of carbonyl (C=O) groups excluding carboxylic acids is 2. The molecule has 0 atom stereocenters. The summed E-state index contributed by atoms with van der Waals surface area (Å²) in [5.41, 5.74) is 2.77. The number of benzene rings is 3. The van der Waals surface area contributed by atoms with E-state index >= 15 is 0 Å². The summed E-state index contributed by atoms with van der Waals surface area (Å²) in [6.07, 6.45) is 0. The Hall–Kier alpha value is -3.60. The molecular formula is C24H23NO4. The Bertz CT molecular complexity index is 975. The average molecular weight is 389 g/mol. The highest BCUT2D eigenvalue weighted by Gasteiger charge is 2.11. The van der Waals surface area contributed by atoms with Gasteiger partial charge in [-0.2, -0.15) is 0 Å². The summed E-state index contributed by atoms with van der Waals surface area (Å²) in [6, 6.07) is 20.9. The molecule has 3 aromatic carbocycles. The van der Waals surface area contributed by atoms with Gasteiger partial charge in [-0.05, 0) is 72.1 Å². The average Bonchev–Trinajstić information content (AvgIpc) is 2.74. The van der Waals surface area contributed by atoms with E-state index in [1.54, 1.807) is 67.8 Å². The van der Waals surface area contributed by atoms with Crippen molar-refractivity contribution in [1.29, 1.82) is 0 Å². The molecule has 5 nitrogen and oxygen atoms in total. The highest BCUT2D eigenvalue weighted by Crippen LogP contribution is 2.19. The van der Waals surface area contributed by atoms with Crippen molar-refractivity contribution in [3.05, 3.63) is 89.5 Å². The van der Waals surface area contributed by atoms with Crippen molar-refractivity contribution in [2.24, 2.45) is 0 Å². The monoisotopic (exact) mass is 389 g/mol. The van der Waals surface area contributed by atoms with Crippen LogP contribution < -0.4 is 14.8 Å². The van der Waals surface area contributed by atoms with Crippen molar-refractivity contribution in [2.75, 3.05) is 12.4 Å². The van der Waals surface area contributed by atoms with Gasteiger partial charge in [-0.25, -0.2) is 4.79 Å². The summed E-state index contributed by atoms with van der Waals surface area (Å²) < 4.78 is 10.5. The van der Waals surface area contributed by atoms with Gasteiger partial charge in [-0.3, -0.25) is 4.79 Å². The van der Waals surface area contributed by atoms with Crippen molar-refractivity contribution in [3.63, 3.8) is 0 Å². The van der Waals surface area contributed by atoms with Gasteiger partial charge in [-0.1, -0.05) is 26.0 Å². The number of amides is 1. The first-order chi connectivity index (χ1) is 14.0. The highest BCUT2D eigenvalue weighted by molar-refractivity contribution is 6.04. The van der Waals surface area contributed by atoms with E-state index in [1.165, 1.54) is 0 Å². The van der Waals surface area contributed by atoms with Crippen LogP contribution in [-0.4, -0.2) is 19.0 Å². The molecule has 0 fully saturated rings. The molecule has 0 aliphatic carbocycles. The van der Waals surface area contributed by atoms with Crippen LogP contribution in [0.4, 0.5) is 5.69 Å². The molecule has 0 aromatic heterocycles. The zero-order valence-corrected chi connectivity index (χ0v) is 16.6. The Kier molecular flexibility index (Phi) is 6.29. The smallest absolute Gasteiger partial charge is 0.343 e. The number of rotatable bonds is 6. The third-order valence-electron chi connectivity index (χ3n) is 4.49. The predicted molar refractivity (Wildman–Crippen MR) is 113 cm³/mol. The molecule has 0 saturated carbocycles. The number of nitrogens with one attached hydrogen (secondary N) is 1. The van der Waals surface area contributed by atoms with Crippen LogP contribution >= 0.6 is 0 Å². The van der Waals surface area contributed by atoms with Crippen molar-refractivity contribution in [2.45, 2.75) is 19.8 Å². The molecule has 29 heavy (non-hydrogen) atoms. The number of esters is 1. The van der Waals surface area contributed by atoms with E-state index in [9.17, 15) is 9.59 Å². The zero-order chi connectivity index (χ0) is 20.8. The summed E-state index contributed by atoms with van der Waals surface area (Å²) in [6.45, 7) is 4.19. The molecule has 148 valence electrons. The van der Waals surface area contributed by atoms with Gasteiger partial charge in [0.15, 0.2) is 0 Å². The van der Waals surface area contributed by atoms with Crippen LogP contribution in [-0.2, 0) is 0 Å². The lowest BCUT2D eigenvalue weighted by atomic mass is 10.0. The van der Waals surface area contributed by atoms with Crippen LogP contribution in [0.5, 0.6) is 11.5 Å². The molecule has 1 N–H and O–H groups in total. The van der Waals surface area contributed by atoms with Gasteiger partial charge in [0.2, 0.25) is 0 Å². The van der Waals surface area contributed by atoms with Crippen LogP contribution in [0.3, 0.4) is 0 Å². The van der Waals surface area contributed by atoms with Crippen LogP contribution in [0.15, 0.2) is 72.8 Å². The molecule has 0 saturated heterocycles. The third kappa shape index (κ3) is 5.23. The first-order valence-electron chi connectivity index (χ1n) is 9.34. The predicted octanol–water partition coefficient (Wildman–Crippen LogP) is 5.29. The minimum Gasteiger partial charge on any atom is -0.497 e. The van der Waals surface area contributed by atoms with Crippen molar-refractivity contribution < 1.29 is 19.1 Å². The largest absolute Gasteiger partial charge is 0.497 e. The first-order valence-corrected chi connectivity index (χ1v) is 9.34. The van der Waals surface area contributed by atoms with Gasteiger partial charge >= 0.3 is 5.97 Å². The normalized spacial score (nSPS) is 10.5. The number of anilines is 1. The minimum atomic E-state index is -0.434. The van der Waals surface area contributed by atoms with Gasteiger partial charge in [-0.15, -0.1) is 0 Å². The fraction of sp³-hybridized carbons (Fsp3) is 0.167. The first kappa shape index (κ1) is 20.1. The van der Waals surface area contributed by atoms with E-state index in [-0.39, 0.29) is 5.91 Å². The Morgan fingerprint density at radius 1 is 0.759 bits per heavy atom. The lowest BCUT2D eigenvalue weighted by Crippen LogP contribution is -2.12. The van der Waals surface area contributed by atoms with E-state index in [0.29, 0.717) is 34.2 Å². The van der Waals surface area contributed by atoms with E-state index in [0.717, 1.165) is 5.56 Å². The van der Waals surface area contributed by atoms with E-state index < -0.39 is 5.97 Å². The second kappa shape index (κ2) is 9.06. The zero-order valence-electron chi connectivity index (χ0n) is 16.6. The Balaban J connectivity index is 1.61. The Labute approximate surface area is 170 Å². The van der Waals surface area contributed by atoms with Gasteiger partial charge in [0.05, 0.1) is 12.7 Å². The van der Waals surface area contributed by atoms with Crippen LogP contribution in [0, 0.1) is 0 Å². The number of hydrogen-bond donors (Lipinski definition) is 1. The summed E-state index contributed by atoms with van der Waals surface area (Å²) in [4.78, 5) is 24.7. The number of ether oxygens (including phenoxy) is 2. The third-order valence-corrected chi connectivity index (χ3v) is 4.49. The highest BCUT2D eigenvalue weighted by atomic mass is 16.5. The van der Waals surface area contributed by atoms with Crippen molar-refractivity contribution in [3.8, 4) is 11.5 Å². The maximum absolute atomic E-state index is 12.4. The van der Waals surface area contributed by atoms with Crippen molar-refractivity contribution in [1.82, 2.24) is 0 Å². The van der Waals surface area contributed by atoms with Gasteiger partial charge in [0.1, 0.15) is 11.5 Å². The van der Waals surface area contributed by atoms with Gasteiger partial charge in [0, 0.05) is 11.3 Å². The standard InChI is InChI=1S/C24H23NO4/c1-16(2)17-4-6-19(7-5-17)24(27)29-22-12-8-18(9-13-22)23(26)25-20-10-14-21(28-3)15-11-20/h4-16H,1-3H3,(H,25,26). The molecule has 5 heteroatoms. The topological polar surface area (TPSA) is 64.6 Å². The molecule has 0 aliphatic rings. The molecule has 0 bridgehead atoms. The lowest BCUT2D eigenvalue weighted by molar-refractivity contribution is 0.0734. The van der Waals surface area contributed by atoms with E-state index in [1.807, 2.05) is 12.1 Å². The molecule has 0 heterocycles. The lowest BCUT2D eigenvalue weighted by Gasteiger charge is -2.09. The van der Waals surface area contributed by atoms with Gasteiger partial charge in [0.25, 0.3) is 5.91 Å². The number of methoxy groups -OCH3 is 1. The fourth-order valence-electron chi connectivity index (χ4n) is 2.72. The maximum atomic E-state index is 12.4. The van der Waals surface area contributed by atoms with Gasteiger partial charge < -0.3 is 14.8 Å². The Morgan fingerprint density at radius 2 is 1.31 bits per heavy atom. The molecule has 0 spiro atoms. The quantitative estimate of drug-likeness (QED) is 0.459. The van der Waals surface area contributed by atoms with Crippen LogP contribution in [0.25, 0.3) is 0 Å². The van der Waals surface area contributed by atoms with Crippen LogP contribution in [0.1, 0.15) is 46.0 Å². The second-order valence-electron chi connectivity index (χ2n) is 6.87. The Morgan fingerprint density at radius 3 is 1.86 bits per heavy atom. The minimum absolute atomic E-state index is 0.252. The molecule has 3 rings (SSSR count). The number of carbonyl (C=O) groups is 2. The van der Waals surface area contributed by atoms with Crippen molar-refractivity contribution >= 4 is 17.6 Å². The second-order valence-corrected chi connectivity index (χ2v) is 6.87. The summed E-state index contributed by atoms with van der Waals surface area (Å²) in [5.74, 6) is 0.807. The SMILES string of the molecule is COc1ccc(NC(=O)c2ccc(OC(=O)c3ccc(C(C)C)cc3)cc2)cc1. The molecule has 0 unspecified atom stereocenters. The molecule has 0 radical (unpaired) electrons. The van der Waals surface area contributed by atoms with E-state index in [4.69, 9.17) is 9.47 Å². The molecular weight excluding hydrogens is 366 g/mol. The van der Waals surface area contributed by atoms with E-state index in [2.05, 4.69) is 19.2 Å². The summed E-state index contributed by atoms with van der Waals surface area (Å²) >= 11 is 0. The molecule has 1 amide bonds. The fourth-order valence-corrected chi connectivity index (χ4v) is 2.72. The molecule has 3 aromatic rings. The summed E-state index contributed by atoms with van der Waals surface area (Å²) in [5, 5.41) is 2.81. The van der Waals surface area contributed by atoms with Crippen LogP contribution in [0.2, 0.25) is 0 Å².